The highest BCUT2D eigenvalue weighted by Gasteiger charge is 2.43. The topological polar surface area (TPSA) is 73.5 Å². The number of hydrogen-bond acceptors (Lipinski definition) is 6. The van der Waals surface area contributed by atoms with Gasteiger partial charge in [0.25, 0.3) is 0 Å². The summed E-state index contributed by atoms with van der Waals surface area (Å²) >= 11 is 6.48. The lowest BCUT2D eigenvalue weighted by Gasteiger charge is -2.40. The molecule has 3 aliphatic rings. The first-order valence-electron chi connectivity index (χ1n) is 9.05. The van der Waals surface area contributed by atoms with Gasteiger partial charge in [0.05, 0.1) is 5.69 Å². The fraction of sp³-hybridized carbons (Fsp3) is 0.474. The molecule has 0 radical (unpaired) electrons. The Morgan fingerprint density at radius 2 is 2.08 bits per heavy atom. The van der Waals surface area contributed by atoms with Gasteiger partial charge in [-0.25, -0.2) is 9.97 Å². The number of aromatic nitrogens is 2. The van der Waals surface area contributed by atoms with Crippen LogP contribution in [0.1, 0.15) is 36.1 Å². The van der Waals surface area contributed by atoms with Gasteiger partial charge in [0.15, 0.2) is 11.5 Å². The van der Waals surface area contributed by atoms with E-state index >= 15 is 0 Å². The van der Waals surface area contributed by atoms with Gasteiger partial charge < -0.3 is 15.2 Å². The molecule has 2 aromatic rings. The minimum atomic E-state index is 0.0907. The Labute approximate surface area is 157 Å². The predicted octanol–water partition coefficient (Wildman–Crippen LogP) is 2.92. The fourth-order valence-electron chi connectivity index (χ4n) is 4.64. The Bertz CT molecular complexity index is 871. The Kier molecular flexibility index (Phi) is 3.72. The van der Waals surface area contributed by atoms with Crippen molar-refractivity contribution in [2.75, 3.05) is 25.6 Å². The maximum atomic E-state index is 6.48. The number of anilines is 1. The largest absolute Gasteiger partial charge is 0.454 e. The molecule has 26 heavy (non-hydrogen) atoms. The molecule has 0 amide bonds. The van der Waals surface area contributed by atoms with Gasteiger partial charge >= 0.3 is 0 Å². The molecule has 1 aromatic heterocycles. The molecule has 7 heteroatoms. The van der Waals surface area contributed by atoms with Gasteiger partial charge in [-0.2, -0.15) is 0 Å². The van der Waals surface area contributed by atoms with Crippen LogP contribution in [0.2, 0.25) is 5.02 Å². The van der Waals surface area contributed by atoms with Crippen LogP contribution in [0, 0.1) is 0 Å². The lowest BCUT2D eigenvalue weighted by Crippen LogP contribution is -2.45. The number of nitrogens with zero attached hydrogens (tertiary/aromatic N) is 3. The van der Waals surface area contributed by atoms with Crippen LogP contribution in [0.4, 0.5) is 5.95 Å². The number of piperidine rings is 1. The van der Waals surface area contributed by atoms with Gasteiger partial charge in [-0.3, -0.25) is 4.90 Å². The minimum absolute atomic E-state index is 0.0907. The van der Waals surface area contributed by atoms with E-state index in [0.29, 0.717) is 5.95 Å². The summed E-state index contributed by atoms with van der Waals surface area (Å²) in [5, 5.41) is 0.729. The summed E-state index contributed by atoms with van der Waals surface area (Å²) in [5.41, 5.74) is 9.45. The van der Waals surface area contributed by atoms with Gasteiger partial charge in [0, 0.05) is 35.8 Å². The van der Waals surface area contributed by atoms with Crippen molar-refractivity contribution in [3.8, 4) is 11.5 Å². The average Bonchev–Trinajstić information content (AvgIpc) is 3.21. The van der Waals surface area contributed by atoms with E-state index in [1.807, 2.05) is 18.3 Å². The summed E-state index contributed by atoms with van der Waals surface area (Å²) in [4.78, 5) is 11.3. The van der Waals surface area contributed by atoms with Crippen molar-refractivity contribution >= 4 is 17.5 Å². The van der Waals surface area contributed by atoms with Gasteiger partial charge in [-0.05, 0) is 49.4 Å². The van der Waals surface area contributed by atoms with Crippen molar-refractivity contribution in [1.82, 2.24) is 14.9 Å². The molecule has 1 unspecified atom stereocenters. The number of ether oxygens (including phenoxy) is 2. The average molecular weight is 373 g/mol. The molecule has 0 saturated carbocycles. The number of rotatable bonds is 2. The second kappa shape index (κ2) is 5.99. The Balaban J connectivity index is 1.40. The Morgan fingerprint density at radius 3 is 2.96 bits per heavy atom. The highest BCUT2D eigenvalue weighted by Crippen LogP contribution is 2.45. The summed E-state index contributed by atoms with van der Waals surface area (Å²) in [6.07, 6.45) is 6.35. The molecule has 1 aliphatic carbocycles. The maximum Gasteiger partial charge on any atom is 0.231 e. The van der Waals surface area contributed by atoms with Crippen LogP contribution in [0.25, 0.3) is 0 Å². The highest BCUT2D eigenvalue weighted by molar-refractivity contribution is 6.31. The molecule has 0 bridgehead atoms. The molecule has 136 valence electrons. The van der Waals surface area contributed by atoms with E-state index in [-0.39, 0.29) is 12.2 Å². The second-order valence-corrected chi connectivity index (χ2v) is 7.90. The molecule has 2 N–H and O–H groups in total. The third kappa shape index (κ3) is 2.59. The van der Waals surface area contributed by atoms with Crippen LogP contribution in [-0.4, -0.2) is 34.8 Å². The molecule has 3 heterocycles. The smallest absolute Gasteiger partial charge is 0.231 e. The molecule has 1 spiro atoms. The third-order valence-corrected chi connectivity index (χ3v) is 6.20. The Morgan fingerprint density at radius 1 is 1.23 bits per heavy atom. The standard InChI is InChI=1S/C19H21ClN4O2/c20-14-7-16-15(25-11-26-16)6-13(14)9-24-5-1-3-19(10-24)4-2-12-8-22-18(21)23-17(12)19/h6-8H,1-5,9-11H2,(H2,21,22,23). The van der Waals surface area contributed by atoms with Crippen LogP contribution in [0.15, 0.2) is 18.3 Å². The van der Waals surface area contributed by atoms with Crippen molar-refractivity contribution in [3.63, 3.8) is 0 Å². The first kappa shape index (κ1) is 16.1. The van der Waals surface area contributed by atoms with E-state index in [4.69, 9.17) is 26.8 Å². The van der Waals surface area contributed by atoms with Crippen molar-refractivity contribution in [2.24, 2.45) is 0 Å². The van der Waals surface area contributed by atoms with E-state index in [0.717, 1.165) is 73.1 Å². The molecule has 2 aliphatic heterocycles. The first-order chi connectivity index (χ1) is 12.6. The zero-order valence-corrected chi connectivity index (χ0v) is 15.3. The molecule has 1 fully saturated rings. The quantitative estimate of drug-likeness (QED) is 0.873. The van der Waals surface area contributed by atoms with E-state index in [9.17, 15) is 0 Å². The van der Waals surface area contributed by atoms with E-state index in [1.54, 1.807) is 0 Å². The number of nitrogens with two attached hydrogens (primary N) is 1. The van der Waals surface area contributed by atoms with Crippen molar-refractivity contribution < 1.29 is 9.47 Å². The van der Waals surface area contributed by atoms with Gasteiger partial charge in [-0.1, -0.05) is 11.6 Å². The lowest BCUT2D eigenvalue weighted by molar-refractivity contribution is 0.136. The van der Waals surface area contributed by atoms with Crippen LogP contribution >= 0.6 is 11.6 Å². The molecule has 1 aromatic carbocycles. The van der Waals surface area contributed by atoms with Crippen molar-refractivity contribution in [1.29, 1.82) is 0 Å². The number of aryl methyl sites for hydroxylation is 1. The van der Waals surface area contributed by atoms with Crippen molar-refractivity contribution in [3.05, 3.63) is 40.2 Å². The predicted molar refractivity (Wildman–Crippen MR) is 98.5 cm³/mol. The SMILES string of the molecule is Nc1ncc2c(n1)C1(CCCN(Cc3cc4c(cc3Cl)OCO4)C1)CC2. The Hall–Kier alpha value is -2.05. The van der Waals surface area contributed by atoms with Crippen molar-refractivity contribution in [2.45, 2.75) is 37.6 Å². The number of nitrogen functional groups attached to an aromatic ring is 1. The second-order valence-electron chi connectivity index (χ2n) is 7.49. The van der Waals surface area contributed by atoms with Crippen LogP contribution in [0.3, 0.4) is 0 Å². The third-order valence-electron chi connectivity index (χ3n) is 5.85. The zero-order valence-electron chi connectivity index (χ0n) is 14.5. The van der Waals surface area contributed by atoms with Crippen LogP contribution < -0.4 is 15.2 Å². The summed E-state index contributed by atoms with van der Waals surface area (Å²) in [5.74, 6) is 1.88. The first-order valence-corrected chi connectivity index (χ1v) is 9.43. The van der Waals surface area contributed by atoms with E-state index in [2.05, 4.69) is 14.9 Å². The van der Waals surface area contributed by atoms with Gasteiger partial charge in [-0.15, -0.1) is 0 Å². The minimum Gasteiger partial charge on any atom is -0.454 e. The number of likely N-dealkylation sites (tertiary alicyclic amines) is 1. The summed E-state index contributed by atoms with van der Waals surface area (Å²) in [6.45, 7) is 3.09. The van der Waals surface area contributed by atoms with Crippen LogP contribution in [0.5, 0.6) is 11.5 Å². The molecule has 1 saturated heterocycles. The monoisotopic (exact) mass is 372 g/mol. The fourth-order valence-corrected chi connectivity index (χ4v) is 4.85. The van der Waals surface area contributed by atoms with Gasteiger partial charge in [0.1, 0.15) is 0 Å². The van der Waals surface area contributed by atoms with E-state index in [1.165, 1.54) is 5.56 Å². The molecule has 1 atom stereocenters. The van der Waals surface area contributed by atoms with Gasteiger partial charge in [0.2, 0.25) is 12.7 Å². The highest BCUT2D eigenvalue weighted by atomic mass is 35.5. The number of halogens is 1. The summed E-state index contributed by atoms with van der Waals surface area (Å²) in [7, 11) is 0. The normalized spacial score (nSPS) is 24.2. The summed E-state index contributed by atoms with van der Waals surface area (Å²) < 4.78 is 10.9. The molecular weight excluding hydrogens is 352 g/mol. The summed E-state index contributed by atoms with van der Waals surface area (Å²) in [6, 6.07) is 3.87. The molecular formula is C19H21ClN4O2. The zero-order chi connectivity index (χ0) is 17.7. The maximum absolute atomic E-state index is 6.48. The number of fused-ring (bicyclic) bond motifs is 3. The molecule has 5 rings (SSSR count). The lowest BCUT2D eigenvalue weighted by atomic mass is 9.77. The number of hydrogen-bond donors (Lipinski definition) is 1. The van der Waals surface area contributed by atoms with Crippen LogP contribution in [-0.2, 0) is 18.4 Å². The van der Waals surface area contributed by atoms with E-state index < -0.39 is 0 Å². The number of benzene rings is 1. The molecule has 6 nitrogen and oxygen atoms in total.